The lowest BCUT2D eigenvalue weighted by atomic mass is 10.3. The number of hydrogen-bond acceptors (Lipinski definition) is 7. The molecule has 0 saturated heterocycles. The highest BCUT2D eigenvalue weighted by Crippen LogP contribution is 2.20. The van der Waals surface area contributed by atoms with Gasteiger partial charge in [0.15, 0.2) is 5.82 Å². The average molecular weight is 302 g/mol. The summed E-state index contributed by atoms with van der Waals surface area (Å²) in [5.74, 6) is 0.299. The van der Waals surface area contributed by atoms with E-state index in [1.807, 2.05) is 12.3 Å². The van der Waals surface area contributed by atoms with Gasteiger partial charge in [-0.15, -0.1) is 21.5 Å². The maximum atomic E-state index is 12.0. The summed E-state index contributed by atoms with van der Waals surface area (Å²) in [5, 5.41) is 17.9. The van der Waals surface area contributed by atoms with E-state index in [-0.39, 0.29) is 10.8 Å². The molecule has 19 heavy (non-hydrogen) atoms. The van der Waals surface area contributed by atoms with Crippen LogP contribution in [0.1, 0.15) is 18.3 Å². The molecule has 2 aromatic rings. The molecular formula is C9H14N6O2S2. The predicted molar refractivity (Wildman–Crippen MR) is 69.9 cm³/mol. The summed E-state index contributed by atoms with van der Waals surface area (Å²) in [6.07, 6.45) is 0. The first-order valence-electron chi connectivity index (χ1n) is 5.62. The van der Waals surface area contributed by atoms with Gasteiger partial charge in [0.2, 0.25) is 10.0 Å². The Morgan fingerprint density at radius 1 is 1.42 bits per heavy atom. The van der Waals surface area contributed by atoms with Gasteiger partial charge in [-0.25, -0.2) is 13.1 Å². The molecule has 0 aromatic carbocycles. The Kier molecular flexibility index (Phi) is 4.58. The van der Waals surface area contributed by atoms with Gasteiger partial charge in [0.1, 0.15) is 4.21 Å². The van der Waals surface area contributed by atoms with Gasteiger partial charge in [0, 0.05) is 6.54 Å². The van der Waals surface area contributed by atoms with Gasteiger partial charge >= 0.3 is 0 Å². The first-order chi connectivity index (χ1) is 9.12. The van der Waals surface area contributed by atoms with Crippen LogP contribution in [0.5, 0.6) is 0 Å². The van der Waals surface area contributed by atoms with Crippen LogP contribution in [0.2, 0.25) is 0 Å². The molecule has 2 rings (SSSR count). The molecule has 0 fully saturated rings. The summed E-state index contributed by atoms with van der Waals surface area (Å²) in [6, 6.07) is 1.66. The van der Waals surface area contributed by atoms with E-state index in [4.69, 9.17) is 0 Å². The minimum atomic E-state index is -3.52. The van der Waals surface area contributed by atoms with Crippen molar-refractivity contribution in [3.8, 4) is 0 Å². The molecule has 0 aliphatic carbocycles. The Bertz CT molecular complexity index is 606. The number of nitrogens with one attached hydrogen (secondary N) is 3. The topological polar surface area (TPSA) is 113 Å². The van der Waals surface area contributed by atoms with Crippen LogP contribution in [-0.4, -0.2) is 35.6 Å². The van der Waals surface area contributed by atoms with Crippen molar-refractivity contribution in [1.29, 1.82) is 0 Å². The fourth-order valence-electron chi connectivity index (χ4n) is 1.34. The highest BCUT2D eigenvalue weighted by Gasteiger charge is 2.17. The first kappa shape index (κ1) is 14.1. The van der Waals surface area contributed by atoms with E-state index in [1.165, 1.54) is 11.3 Å². The molecule has 2 heterocycles. The minimum absolute atomic E-state index is 0.0132. The van der Waals surface area contributed by atoms with E-state index in [0.717, 1.165) is 12.1 Å². The molecule has 0 aliphatic heterocycles. The van der Waals surface area contributed by atoms with E-state index in [2.05, 4.69) is 30.7 Å². The molecule has 0 spiro atoms. The molecular weight excluding hydrogens is 288 g/mol. The largest absolute Gasteiger partial charge is 0.313 e. The van der Waals surface area contributed by atoms with Gasteiger partial charge in [-0.3, -0.25) is 0 Å². The van der Waals surface area contributed by atoms with Crippen molar-refractivity contribution in [3.05, 3.63) is 22.8 Å². The summed E-state index contributed by atoms with van der Waals surface area (Å²) in [5.41, 5.74) is 0.951. The number of tetrazole rings is 1. The van der Waals surface area contributed by atoms with Crippen molar-refractivity contribution in [2.24, 2.45) is 0 Å². The number of thiophene rings is 1. The fraction of sp³-hybridized carbons (Fsp3) is 0.444. The third kappa shape index (κ3) is 3.80. The van der Waals surface area contributed by atoms with Crippen molar-refractivity contribution in [2.45, 2.75) is 24.2 Å². The van der Waals surface area contributed by atoms with Crippen molar-refractivity contribution in [3.63, 3.8) is 0 Å². The number of sulfonamides is 1. The van der Waals surface area contributed by atoms with Gasteiger partial charge in [0.25, 0.3) is 0 Å². The Morgan fingerprint density at radius 2 is 2.26 bits per heavy atom. The zero-order chi connectivity index (χ0) is 13.7. The molecule has 0 bridgehead atoms. The molecule has 2 aromatic heterocycles. The molecule has 0 atom stereocenters. The van der Waals surface area contributed by atoms with Gasteiger partial charge < -0.3 is 5.32 Å². The van der Waals surface area contributed by atoms with Gasteiger partial charge in [-0.1, -0.05) is 12.1 Å². The molecule has 10 heteroatoms. The normalized spacial score (nSPS) is 11.8. The second kappa shape index (κ2) is 6.19. The van der Waals surface area contributed by atoms with Crippen molar-refractivity contribution >= 4 is 21.4 Å². The number of aromatic amines is 1. The monoisotopic (exact) mass is 302 g/mol. The van der Waals surface area contributed by atoms with Gasteiger partial charge in [-0.05, 0) is 23.6 Å². The second-order valence-electron chi connectivity index (χ2n) is 3.71. The Morgan fingerprint density at radius 3 is 2.95 bits per heavy atom. The van der Waals surface area contributed by atoms with Crippen LogP contribution >= 0.6 is 11.3 Å². The summed E-state index contributed by atoms with van der Waals surface area (Å²) in [4.78, 5) is 0. The molecule has 8 nitrogen and oxygen atoms in total. The maximum absolute atomic E-state index is 12.0. The third-order valence-corrected chi connectivity index (χ3v) is 5.17. The van der Waals surface area contributed by atoms with E-state index in [0.29, 0.717) is 12.4 Å². The van der Waals surface area contributed by atoms with E-state index >= 15 is 0 Å². The Labute approximate surface area is 114 Å². The van der Waals surface area contributed by atoms with Crippen LogP contribution in [0.3, 0.4) is 0 Å². The standard InChI is InChI=1S/C9H14N6O2S2/c1-2-10-4-7-3-9(18-6-7)19(16,17)11-5-8-12-14-15-13-8/h3,6,10-11H,2,4-5H2,1H3,(H,12,13,14,15). The lowest BCUT2D eigenvalue weighted by Crippen LogP contribution is -2.23. The number of rotatable bonds is 7. The quantitative estimate of drug-likeness (QED) is 0.655. The van der Waals surface area contributed by atoms with Crippen LogP contribution in [-0.2, 0) is 23.1 Å². The predicted octanol–water partition coefficient (Wildman–Crippen LogP) is -0.151. The maximum Gasteiger partial charge on any atom is 0.250 e. The average Bonchev–Trinajstić information content (AvgIpc) is 3.05. The van der Waals surface area contributed by atoms with E-state index < -0.39 is 10.0 Å². The highest BCUT2D eigenvalue weighted by atomic mass is 32.2. The van der Waals surface area contributed by atoms with Crippen LogP contribution in [0.25, 0.3) is 0 Å². The van der Waals surface area contributed by atoms with Crippen molar-refractivity contribution < 1.29 is 8.42 Å². The molecule has 0 radical (unpaired) electrons. The van der Waals surface area contributed by atoms with Crippen LogP contribution in [0.15, 0.2) is 15.7 Å². The smallest absolute Gasteiger partial charge is 0.250 e. The summed E-state index contributed by atoms with van der Waals surface area (Å²) in [6.45, 7) is 3.51. The zero-order valence-corrected chi connectivity index (χ0v) is 11.9. The van der Waals surface area contributed by atoms with Crippen molar-refractivity contribution in [1.82, 2.24) is 30.7 Å². The SMILES string of the molecule is CCNCc1csc(S(=O)(=O)NCc2nn[nH]n2)c1. The fourth-order valence-corrected chi connectivity index (χ4v) is 3.58. The Hall–Kier alpha value is -1.36. The van der Waals surface area contributed by atoms with Crippen LogP contribution < -0.4 is 10.0 Å². The van der Waals surface area contributed by atoms with Crippen molar-refractivity contribution in [2.75, 3.05) is 6.54 Å². The number of aromatic nitrogens is 4. The number of hydrogen-bond donors (Lipinski definition) is 3. The van der Waals surface area contributed by atoms with E-state index in [1.54, 1.807) is 6.07 Å². The molecule has 104 valence electrons. The van der Waals surface area contributed by atoms with Gasteiger partial charge in [-0.2, -0.15) is 5.21 Å². The molecule has 0 saturated carbocycles. The molecule has 0 amide bonds. The summed E-state index contributed by atoms with van der Waals surface area (Å²) in [7, 11) is -3.52. The highest BCUT2D eigenvalue weighted by molar-refractivity contribution is 7.91. The van der Waals surface area contributed by atoms with Gasteiger partial charge in [0.05, 0.1) is 6.54 Å². The molecule has 0 aliphatic rings. The lowest BCUT2D eigenvalue weighted by molar-refractivity contribution is 0.581. The lowest BCUT2D eigenvalue weighted by Gasteiger charge is -2.01. The summed E-state index contributed by atoms with van der Waals surface area (Å²) < 4.78 is 26.7. The van der Waals surface area contributed by atoms with Crippen LogP contribution in [0.4, 0.5) is 0 Å². The first-order valence-corrected chi connectivity index (χ1v) is 7.98. The van der Waals surface area contributed by atoms with E-state index in [9.17, 15) is 8.42 Å². The number of H-pyrrole nitrogens is 1. The third-order valence-electron chi connectivity index (χ3n) is 2.28. The minimum Gasteiger partial charge on any atom is -0.313 e. The zero-order valence-electron chi connectivity index (χ0n) is 10.3. The number of nitrogens with zero attached hydrogens (tertiary/aromatic N) is 3. The molecule has 0 unspecified atom stereocenters. The summed E-state index contributed by atoms with van der Waals surface area (Å²) >= 11 is 1.19. The second-order valence-corrected chi connectivity index (χ2v) is 6.61. The van der Waals surface area contributed by atoms with Crippen LogP contribution in [0, 0.1) is 0 Å². The Balaban J connectivity index is 2.00. The molecule has 3 N–H and O–H groups in total.